The SMILES string of the molecule is NC(=O)Cn1cc(C(=O)C(=O)N2CCCCC2)c2ccccc21. The zero-order valence-corrected chi connectivity index (χ0v) is 12.8. The molecule has 1 aliphatic rings. The lowest BCUT2D eigenvalue weighted by Gasteiger charge is -2.25. The van der Waals surface area contributed by atoms with Gasteiger partial charge in [-0.05, 0) is 25.3 Å². The maximum Gasteiger partial charge on any atom is 0.295 e. The molecule has 0 saturated carbocycles. The summed E-state index contributed by atoms with van der Waals surface area (Å²) in [5.41, 5.74) is 6.31. The van der Waals surface area contributed by atoms with Crippen LogP contribution >= 0.6 is 0 Å². The summed E-state index contributed by atoms with van der Waals surface area (Å²) in [5.74, 6) is -1.48. The van der Waals surface area contributed by atoms with E-state index in [2.05, 4.69) is 0 Å². The molecule has 0 unspecified atom stereocenters. The van der Waals surface area contributed by atoms with Crippen LogP contribution in [-0.2, 0) is 16.1 Å². The fraction of sp³-hybridized carbons (Fsp3) is 0.353. The summed E-state index contributed by atoms with van der Waals surface area (Å²) < 4.78 is 1.62. The van der Waals surface area contributed by atoms with E-state index in [1.165, 1.54) is 0 Å². The van der Waals surface area contributed by atoms with Crippen molar-refractivity contribution in [3.05, 3.63) is 36.0 Å². The zero-order valence-electron chi connectivity index (χ0n) is 12.8. The van der Waals surface area contributed by atoms with Gasteiger partial charge in [-0.15, -0.1) is 0 Å². The fourth-order valence-electron chi connectivity index (χ4n) is 3.08. The largest absolute Gasteiger partial charge is 0.368 e. The number of carbonyl (C=O) groups is 3. The third-order valence-corrected chi connectivity index (χ3v) is 4.20. The summed E-state index contributed by atoms with van der Waals surface area (Å²) in [6.07, 6.45) is 4.51. The molecule has 0 radical (unpaired) electrons. The molecule has 2 heterocycles. The molecule has 2 N–H and O–H groups in total. The number of nitrogens with two attached hydrogens (primary N) is 1. The smallest absolute Gasteiger partial charge is 0.295 e. The van der Waals surface area contributed by atoms with E-state index in [0.717, 1.165) is 24.8 Å². The predicted octanol–water partition coefficient (Wildman–Crippen LogP) is 1.32. The van der Waals surface area contributed by atoms with Crippen LogP contribution < -0.4 is 5.73 Å². The highest BCUT2D eigenvalue weighted by Crippen LogP contribution is 2.23. The van der Waals surface area contributed by atoms with Crippen LogP contribution in [0, 0.1) is 0 Å². The van der Waals surface area contributed by atoms with E-state index in [1.807, 2.05) is 6.07 Å². The second kappa shape index (κ2) is 6.24. The third-order valence-electron chi connectivity index (χ3n) is 4.20. The highest BCUT2D eigenvalue weighted by Gasteiger charge is 2.27. The van der Waals surface area contributed by atoms with Gasteiger partial charge in [0.25, 0.3) is 11.7 Å². The molecular formula is C17H19N3O3. The van der Waals surface area contributed by atoms with Gasteiger partial charge in [-0.3, -0.25) is 14.4 Å². The lowest BCUT2D eigenvalue weighted by molar-refractivity contribution is -0.127. The van der Waals surface area contributed by atoms with Crippen LogP contribution in [0.15, 0.2) is 30.5 Å². The number of likely N-dealkylation sites (tertiary alicyclic amines) is 1. The second-order valence-electron chi connectivity index (χ2n) is 5.84. The Hall–Kier alpha value is -2.63. The van der Waals surface area contributed by atoms with Crippen LogP contribution in [0.4, 0.5) is 0 Å². The number of amides is 2. The number of ketones is 1. The van der Waals surface area contributed by atoms with Crippen LogP contribution in [0.5, 0.6) is 0 Å². The molecule has 6 heteroatoms. The van der Waals surface area contributed by atoms with E-state index in [9.17, 15) is 14.4 Å². The number of hydrogen-bond acceptors (Lipinski definition) is 3. The summed E-state index contributed by atoms with van der Waals surface area (Å²) in [7, 11) is 0. The number of aromatic nitrogens is 1. The Balaban J connectivity index is 1.96. The molecule has 6 nitrogen and oxygen atoms in total. The Morgan fingerprint density at radius 1 is 1.04 bits per heavy atom. The Bertz CT molecular complexity index is 772. The number of nitrogens with zero attached hydrogens (tertiary/aromatic N) is 2. The van der Waals surface area contributed by atoms with Gasteiger partial charge in [-0.1, -0.05) is 18.2 Å². The predicted molar refractivity (Wildman–Crippen MR) is 85.9 cm³/mol. The van der Waals surface area contributed by atoms with Crippen molar-refractivity contribution < 1.29 is 14.4 Å². The Kier molecular flexibility index (Phi) is 4.14. The quantitative estimate of drug-likeness (QED) is 0.682. The fourth-order valence-corrected chi connectivity index (χ4v) is 3.08. The first kappa shape index (κ1) is 15.3. The van der Waals surface area contributed by atoms with Crippen LogP contribution in [-0.4, -0.2) is 40.2 Å². The zero-order chi connectivity index (χ0) is 16.4. The summed E-state index contributed by atoms with van der Waals surface area (Å²) in [4.78, 5) is 37.9. The molecule has 3 rings (SSSR count). The molecule has 1 aromatic carbocycles. The van der Waals surface area contributed by atoms with Crippen molar-refractivity contribution in [3.63, 3.8) is 0 Å². The lowest BCUT2D eigenvalue weighted by Crippen LogP contribution is -2.40. The van der Waals surface area contributed by atoms with E-state index in [4.69, 9.17) is 5.73 Å². The maximum absolute atomic E-state index is 12.6. The van der Waals surface area contributed by atoms with Crippen molar-refractivity contribution in [2.24, 2.45) is 5.73 Å². The molecule has 0 aliphatic carbocycles. The van der Waals surface area contributed by atoms with Gasteiger partial charge in [0.05, 0.1) is 5.56 Å². The van der Waals surface area contributed by atoms with Gasteiger partial charge in [-0.25, -0.2) is 0 Å². The maximum atomic E-state index is 12.6. The van der Waals surface area contributed by atoms with Crippen LogP contribution in [0.25, 0.3) is 10.9 Å². The Labute approximate surface area is 133 Å². The van der Waals surface area contributed by atoms with Gasteiger partial charge in [-0.2, -0.15) is 0 Å². The number of primary amides is 1. The first-order chi connectivity index (χ1) is 11.1. The van der Waals surface area contributed by atoms with Crippen molar-refractivity contribution >= 4 is 28.5 Å². The van der Waals surface area contributed by atoms with Crippen molar-refractivity contribution in [2.45, 2.75) is 25.8 Å². The van der Waals surface area contributed by atoms with Crippen LogP contribution in [0.2, 0.25) is 0 Å². The van der Waals surface area contributed by atoms with Gasteiger partial charge in [0.2, 0.25) is 5.91 Å². The molecule has 120 valence electrons. The number of rotatable bonds is 4. The highest BCUT2D eigenvalue weighted by atomic mass is 16.2. The van der Waals surface area contributed by atoms with Gasteiger partial charge in [0, 0.05) is 30.2 Å². The van der Waals surface area contributed by atoms with Gasteiger partial charge in [0.1, 0.15) is 6.54 Å². The first-order valence-corrected chi connectivity index (χ1v) is 7.77. The van der Waals surface area contributed by atoms with Crippen molar-refractivity contribution in [1.29, 1.82) is 0 Å². The number of benzene rings is 1. The average Bonchev–Trinajstić information content (AvgIpc) is 2.92. The van der Waals surface area contributed by atoms with E-state index < -0.39 is 17.6 Å². The van der Waals surface area contributed by atoms with E-state index >= 15 is 0 Å². The Morgan fingerprint density at radius 2 is 1.74 bits per heavy atom. The first-order valence-electron chi connectivity index (χ1n) is 7.77. The molecule has 2 amide bonds. The normalized spacial score (nSPS) is 14.9. The number of para-hydroxylation sites is 1. The summed E-state index contributed by atoms with van der Waals surface area (Å²) in [5, 5.41) is 0.670. The number of piperidine rings is 1. The third kappa shape index (κ3) is 2.97. The molecule has 0 spiro atoms. The number of hydrogen-bond donors (Lipinski definition) is 1. The number of carbonyl (C=O) groups excluding carboxylic acids is 3. The monoisotopic (exact) mass is 313 g/mol. The van der Waals surface area contributed by atoms with Crippen molar-refractivity contribution in [2.75, 3.05) is 13.1 Å². The summed E-state index contributed by atoms with van der Waals surface area (Å²) in [6, 6.07) is 7.21. The molecule has 1 fully saturated rings. The molecule has 1 aliphatic heterocycles. The standard InChI is InChI=1S/C17H19N3O3/c18-15(21)11-20-10-13(12-6-2-3-7-14(12)20)16(22)17(23)19-8-4-1-5-9-19/h2-3,6-7,10H,1,4-5,8-9,11H2,(H2,18,21). The number of fused-ring (bicyclic) bond motifs is 1. The van der Waals surface area contributed by atoms with E-state index in [0.29, 0.717) is 24.0 Å². The Morgan fingerprint density at radius 3 is 2.43 bits per heavy atom. The molecule has 1 aromatic heterocycles. The van der Waals surface area contributed by atoms with Crippen molar-refractivity contribution in [1.82, 2.24) is 9.47 Å². The lowest BCUT2D eigenvalue weighted by atomic mass is 10.1. The molecular weight excluding hydrogens is 294 g/mol. The topological polar surface area (TPSA) is 85.4 Å². The second-order valence-corrected chi connectivity index (χ2v) is 5.84. The minimum absolute atomic E-state index is 0.0221. The van der Waals surface area contributed by atoms with Gasteiger partial charge < -0.3 is 15.2 Å². The molecule has 1 saturated heterocycles. The minimum atomic E-state index is -0.522. The molecule has 0 atom stereocenters. The van der Waals surface area contributed by atoms with Gasteiger partial charge in [0.15, 0.2) is 0 Å². The summed E-state index contributed by atoms with van der Waals surface area (Å²) >= 11 is 0. The van der Waals surface area contributed by atoms with E-state index in [-0.39, 0.29) is 6.54 Å². The molecule has 2 aromatic rings. The van der Waals surface area contributed by atoms with Crippen LogP contribution in [0.1, 0.15) is 29.6 Å². The molecule has 0 bridgehead atoms. The number of Topliss-reactive ketones (excluding diaryl/α,β-unsaturated/α-hetero) is 1. The average molecular weight is 313 g/mol. The molecule has 23 heavy (non-hydrogen) atoms. The van der Waals surface area contributed by atoms with Gasteiger partial charge >= 0.3 is 0 Å². The van der Waals surface area contributed by atoms with Crippen molar-refractivity contribution in [3.8, 4) is 0 Å². The summed E-state index contributed by atoms with van der Waals surface area (Å²) in [6.45, 7) is 1.24. The minimum Gasteiger partial charge on any atom is -0.368 e. The highest BCUT2D eigenvalue weighted by molar-refractivity contribution is 6.44. The van der Waals surface area contributed by atoms with Crippen LogP contribution in [0.3, 0.4) is 0 Å². The van der Waals surface area contributed by atoms with E-state index in [1.54, 1.807) is 33.9 Å².